The van der Waals surface area contributed by atoms with E-state index in [0.717, 1.165) is 32.1 Å². The standard InChI is InChI=1S/C46H52BrN3O11Si/c1-25-42(62(3,4)33-16-14-32(59-2)15-17-33)36(21-37(52)49-23-28-8-6-5-7-27(28)19-31(49)24-51)61-46(25)34-20-29(47)11-18-35(34)50(45(46)58)22-26-9-12-30(13-10-26)48-43(56)41-39(54)38(53)40(55)44(57)60-41/h5-18,20,25,31,36,38-42,44,51,53-55,57H,19,21-24H2,1-4H3,(H,48,56)/t25-,31+,36+,38+,39+,40-,41+,42-,44-,46+/m1/s1. The molecule has 1 spiro atoms. The van der Waals surface area contributed by atoms with Crippen LogP contribution in [0.2, 0.25) is 18.6 Å². The molecule has 4 aliphatic heterocycles. The quantitative estimate of drug-likeness (QED) is 0.128. The molecule has 10 atom stereocenters. The van der Waals surface area contributed by atoms with Gasteiger partial charge in [-0.05, 0) is 71.1 Å². The van der Waals surface area contributed by atoms with Crippen LogP contribution in [0.15, 0.2) is 95.5 Å². The van der Waals surface area contributed by atoms with Gasteiger partial charge in [-0.25, -0.2) is 0 Å². The molecule has 0 saturated carbocycles. The number of hydrogen-bond acceptors (Lipinski definition) is 11. The van der Waals surface area contributed by atoms with Crippen LogP contribution in [0.25, 0.3) is 0 Å². The van der Waals surface area contributed by atoms with Crippen molar-refractivity contribution in [2.75, 3.05) is 23.9 Å². The number of fused-ring (bicyclic) bond motifs is 3. The number of methoxy groups -OCH3 is 1. The zero-order valence-corrected chi connectivity index (χ0v) is 37.4. The number of carbonyl (C=O) groups is 3. The van der Waals surface area contributed by atoms with E-state index in [1.54, 1.807) is 41.2 Å². The molecular formula is C46H52BrN3O11Si. The first-order valence-electron chi connectivity index (χ1n) is 20.8. The summed E-state index contributed by atoms with van der Waals surface area (Å²) in [4.78, 5) is 46.5. The fourth-order valence-electron chi connectivity index (χ4n) is 10.1. The van der Waals surface area contributed by atoms with Crippen molar-refractivity contribution in [3.05, 3.63) is 118 Å². The van der Waals surface area contributed by atoms with E-state index in [1.807, 2.05) is 54.6 Å². The van der Waals surface area contributed by atoms with E-state index in [0.29, 0.717) is 29.9 Å². The second kappa shape index (κ2) is 17.2. The molecule has 328 valence electrons. The normalized spacial score (nSPS) is 29.4. The first-order chi connectivity index (χ1) is 29.6. The van der Waals surface area contributed by atoms with Gasteiger partial charge in [-0.1, -0.05) is 89.7 Å². The predicted molar refractivity (Wildman–Crippen MR) is 235 cm³/mol. The van der Waals surface area contributed by atoms with E-state index in [9.17, 15) is 35.1 Å². The smallest absolute Gasteiger partial charge is 0.264 e. The molecule has 62 heavy (non-hydrogen) atoms. The Morgan fingerprint density at radius 2 is 1.63 bits per heavy atom. The average molecular weight is 931 g/mol. The minimum Gasteiger partial charge on any atom is -0.497 e. The van der Waals surface area contributed by atoms with Crippen molar-refractivity contribution in [3.8, 4) is 5.75 Å². The molecule has 0 bridgehead atoms. The van der Waals surface area contributed by atoms with E-state index in [2.05, 4.69) is 53.4 Å². The predicted octanol–water partition coefficient (Wildman–Crippen LogP) is 3.29. The number of rotatable bonds is 10. The zero-order valence-electron chi connectivity index (χ0n) is 34.8. The summed E-state index contributed by atoms with van der Waals surface area (Å²) >= 11 is 3.66. The number of amides is 3. The third-order valence-corrected chi connectivity index (χ3v) is 18.3. The summed E-state index contributed by atoms with van der Waals surface area (Å²) in [7, 11) is -0.967. The van der Waals surface area contributed by atoms with Crippen molar-refractivity contribution in [1.82, 2.24) is 4.90 Å². The van der Waals surface area contributed by atoms with Crippen LogP contribution < -0.4 is 20.1 Å². The largest absolute Gasteiger partial charge is 0.497 e. The van der Waals surface area contributed by atoms with Crippen molar-refractivity contribution in [2.24, 2.45) is 5.92 Å². The van der Waals surface area contributed by atoms with Gasteiger partial charge >= 0.3 is 0 Å². The van der Waals surface area contributed by atoms with Crippen molar-refractivity contribution in [3.63, 3.8) is 0 Å². The van der Waals surface area contributed by atoms with Crippen molar-refractivity contribution < 1.29 is 54.1 Å². The van der Waals surface area contributed by atoms with Gasteiger partial charge in [0.05, 0.1) is 52.6 Å². The third-order valence-electron chi connectivity index (χ3n) is 13.5. The Morgan fingerprint density at radius 3 is 2.31 bits per heavy atom. The van der Waals surface area contributed by atoms with Gasteiger partial charge in [-0.2, -0.15) is 0 Å². The van der Waals surface area contributed by atoms with E-state index in [-0.39, 0.29) is 42.8 Å². The maximum atomic E-state index is 15.4. The topological polar surface area (TPSA) is 199 Å². The first kappa shape index (κ1) is 44.1. The number of ether oxygens (including phenoxy) is 3. The monoisotopic (exact) mass is 929 g/mol. The Labute approximate surface area is 369 Å². The highest BCUT2D eigenvalue weighted by atomic mass is 79.9. The van der Waals surface area contributed by atoms with E-state index in [4.69, 9.17) is 14.2 Å². The van der Waals surface area contributed by atoms with Crippen molar-refractivity contribution in [1.29, 1.82) is 0 Å². The lowest BCUT2D eigenvalue weighted by atomic mass is 9.82. The lowest BCUT2D eigenvalue weighted by molar-refractivity contribution is -0.274. The highest BCUT2D eigenvalue weighted by molar-refractivity contribution is 9.10. The number of aliphatic hydroxyl groups is 5. The van der Waals surface area contributed by atoms with Crippen molar-refractivity contribution >= 4 is 58.3 Å². The van der Waals surface area contributed by atoms with Gasteiger partial charge in [-0.3, -0.25) is 14.4 Å². The van der Waals surface area contributed by atoms with Gasteiger partial charge in [0.25, 0.3) is 11.8 Å². The summed E-state index contributed by atoms with van der Waals surface area (Å²) in [6.07, 6.45) is -8.93. The van der Waals surface area contributed by atoms with Crippen molar-refractivity contribution in [2.45, 2.75) is 99.9 Å². The van der Waals surface area contributed by atoms with Gasteiger partial charge in [0.2, 0.25) is 5.91 Å². The molecule has 0 aromatic heterocycles. The Balaban J connectivity index is 1.10. The van der Waals surface area contributed by atoms with E-state index >= 15 is 4.79 Å². The van der Waals surface area contributed by atoms with Gasteiger partial charge in [0.1, 0.15) is 24.1 Å². The lowest BCUT2D eigenvalue weighted by Crippen LogP contribution is -2.60. The second-order valence-electron chi connectivity index (χ2n) is 17.3. The highest BCUT2D eigenvalue weighted by Gasteiger charge is 2.66. The number of hydrogen-bond donors (Lipinski definition) is 6. The Morgan fingerprint density at radius 1 is 0.935 bits per heavy atom. The van der Waals surface area contributed by atoms with Gasteiger partial charge in [-0.15, -0.1) is 0 Å². The molecule has 3 amide bonds. The molecule has 2 fully saturated rings. The van der Waals surface area contributed by atoms with Crippen LogP contribution in [0, 0.1) is 5.92 Å². The Kier molecular flexibility index (Phi) is 12.3. The van der Waals surface area contributed by atoms with Crippen LogP contribution in [0.3, 0.4) is 0 Å². The highest BCUT2D eigenvalue weighted by Crippen LogP contribution is 2.60. The lowest BCUT2D eigenvalue weighted by Gasteiger charge is -2.39. The molecular weight excluding hydrogens is 879 g/mol. The summed E-state index contributed by atoms with van der Waals surface area (Å²) in [5, 5.41) is 54.3. The van der Waals surface area contributed by atoms with Crippen LogP contribution in [0.5, 0.6) is 5.75 Å². The minimum absolute atomic E-state index is 0.0211. The summed E-state index contributed by atoms with van der Waals surface area (Å²) in [6, 6.07) is 28.1. The van der Waals surface area contributed by atoms with Crippen LogP contribution in [-0.2, 0) is 49.0 Å². The number of nitrogens with zero attached hydrogens (tertiary/aromatic N) is 2. The average Bonchev–Trinajstić information content (AvgIpc) is 3.69. The molecule has 4 aromatic carbocycles. The molecule has 0 radical (unpaired) electrons. The number of aliphatic hydroxyl groups excluding tert-OH is 5. The Hall–Kier alpha value is -4.49. The van der Waals surface area contributed by atoms with Crippen LogP contribution in [0.1, 0.15) is 35.6 Å². The Bertz CT molecular complexity index is 2330. The number of benzene rings is 4. The molecule has 4 heterocycles. The van der Waals surface area contributed by atoms with Crippen LogP contribution >= 0.6 is 15.9 Å². The second-order valence-corrected chi connectivity index (χ2v) is 23.0. The third kappa shape index (κ3) is 7.68. The van der Waals surface area contributed by atoms with Gasteiger partial charge in [0.15, 0.2) is 18.0 Å². The maximum absolute atomic E-state index is 15.4. The molecule has 14 nitrogen and oxygen atoms in total. The molecule has 6 N–H and O–H groups in total. The summed E-state index contributed by atoms with van der Waals surface area (Å²) < 4.78 is 18.6. The first-order valence-corrected chi connectivity index (χ1v) is 24.6. The number of anilines is 2. The number of nitrogens with one attached hydrogen (secondary N) is 1. The zero-order chi connectivity index (χ0) is 44.2. The summed E-state index contributed by atoms with van der Waals surface area (Å²) in [5.41, 5.74) is 2.94. The summed E-state index contributed by atoms with van der Waals surface area (Å²) in [6.45, 7) is 6.93. The number of halogens is 1. The fourth-order valence-corrected chi connectivity index (χ4v) is 14.5. The van der Waals surface area contributed by atoms with Gasteiger partial charge in [0, 0.05) is 28.2 Å². The molecule has 2 saturated heterocycles. The molecule has 16 heteroatoms. The molecule has 8 rings (SSSR count). The van der Waals surface area contributed by atoms with E-state index in [1.165, 1.54) is 0 Å². The molecule has 4 aliphatic rings. The molecule has 4 aromatic rings. The van der Waals surface area contributed by atoms with E-state index < -0.39 is 62.4 Å². The molecule has 0 aliphatic carbocycles. The number of carbonyl (C=O) groups excluding carboxylic acids is 3. The van der Waals surface area contributed by atoms with Crippen LogP contribution in [-0.4, -0.2) is 113 Å². The SMILES string of the molecule is COc1ccc([Si](C)(C)[C@H]2[C@H](CC(=O)N3Cc4ccccc4C[C@H]3CO)O[C@@]3(C(=O)N(Cc4ccc(NC(=O)[C@H]5O[C@@H](O)[C@H](O)[C@@H](O)[C@@H]5O)cc4)c4ccc(Br)cc43)[C@@H]2C)cc1. The maximum Gasteiger partial charge on any atom is 0.264 e. The summed E-state index contributed by atoms with van der Waals surface area (Å²) in [5.74, 6) is -0.877. The minimum atomic E-state index is -2.59. The van der Waals surface area contributed by atoms with Crippen LogP contribution in [0.4, 0.5) is 11.4 Å². The molecule has 0 unspecified atom stereocenters. The fraction of sp³-hybridized carbons (Fsp3) is 0.413. The van der Waals surface area contributed by atoms with Gasteiger partial charge < -0.3 is 54.9 Å².